The Kier molecular flexibility index (Phi) is 6.32. The van der Waals surface area contributed by atoms with Gasteiger partial charge in [-0.25, -0.2) is 8.78 Å². The molecule has 1 aliphatic heterocycles. The maximum Gasteiger partial charge on any atom is 0.305 e. The molecule has 1 aromatic heterocycles. The maximum absolute atomic E-state index is 13.6. The molecule has 1 fully saturated rings. The lowest BCUT2D eigenvalue weighted by Crippen LogP contribution is -2.46. The molecule has 0 saturated carbocycles. The molecule has 3 N–H and O–H groups in total. The van der Waals surface area contributed by atoms with E-state index in [0.717, 1.165) is 0 Å². The number of carboxylic acids is 1. The fourth-order valence-electron chi connectivity index (χ4n) is 3.30. The summed E-state index contributed by atoms with van der Waals surface area (Å²) in [6.45, 7) is 1.12. The minimum atomic E-state index is -1.50. The van der Waals surface area contributed by atoms with Crippen molar-refractivity contribution >= 4 is 34.3 Å². The number of pyridine rings is 1. The Morgan fingerprint density at radius 3 is 2.66 bits per heavy atom. The van der Waals surface area contributed by atoms with E-state index >= 15 is 0 Å². The van der Waals surface area contributed by atoms with E-state index in [4.69, 9.17) is 5.11 Å². The van der Waals surface area contributed by atoms with Crippen LogP contribution in [0.5, 0.6) is 0 Å². The number of carbonyl (C=O) groups is 3. The molecule has 0 bridgehead atoms. The number of carboxylic acid groups (broad SMARTS) is 1. The lowest BCUT2D eigenvalue weighted by molar-refractivity contribution is -0.139. The number of ketones is 1. The van der Waals surface area contributed by atoms with Gasteiger partial charge in [0.1, 0.15) is 18.5 Å². The lowest BCUT2D eigenvalue weighted by atomic mass is 10.0. The van der Waals surface area contributed by atoms with Crippen LogP contribution in [-0.2, 0) is 9.59 Å². The highest BCUT2D eigenvalue weighted by Gasteiger charge is 2.27. The number of rotatable bonds is 7. The van der Waals surface area contributed by atoms with Crippen LogP contribution in [0.4, 0.5) is 14.5 Å². The monoisotopic (exact) mass is 406 g/mol. The van der Waals surface area contributed by atoms with Gasteiger partial charge in [-0.15, -0.1) is 0 Å². The predicted octanol–water partition coefficient (Wildman–Crippen LogP) is 0.895. The summed E-state index contributed by atoms with van der Waals surface area (Å²) in [5.74, 6) is -3.58. The first-order valence-electron chi connectivity index (χ1n) is 9.06. The van der Waals surface area contributed by atoms with Gasteiger partial charge >= 0.3 is 5.97 Å². The molecule has 10 heteroatoms. The molecular weight excluding hydrogens is 386 g/mol. The normalized spacial score (nSPS) is 15.2. The smallest absolute Gasteiger partial charge is 0.305 e. The fourth-order valence-corrected chi connectivity index (χ4v) is 3.30. The molecule has 0 spiro atoms. The number of fused-ring (bicyclic) bond motifs is 1. The molecule has 0 radical (unpaired) electrons. The molecule has 154 valence electrons. The first-order valence-corrected chi connectivity index (χ1v) is 9.06. The van der Waals surface area contributed by atoms with Gasteiger partial charge < -0.3 is 20.6 Å². The quantitative estimate of drug-likeness (QED) is 0.626. The number of aromatic nitrogens is 1. The Morgan fingerprint density at radius 1 is 1.28 bits per heavy atom. The number of halogens is 2. The predicted molar refractivity (Wildman–Crippen MR) is 101 cm³/mol. The average Bonchev–Trinajstić information content (AvgIpc) is 2.71. The van der Waals surface area contributed by atoms with Crippen molar-refractivity contribution < 1.29 is 28.3 Å². The summed E-state index contributed by atoms with van der Waals surface area (Å²) in [6.07, 6.45) is 0.524. The van der Waals surface area contributed by atoms with Crippen molar-refractivity contribution in [2.45, 2.75) is 12.5 Å². The van der Waals surface area contributed by atoms with Crippen molar-refractivity contribution in [1.29, 1.82) is 0 Å². The van der Waals surface area contributed by atoms with E-state index in [9.17, 15) is 23.2 Å². The number of hydrogen-bond donors (Lipinski definition) is 3. The second-order valence-corrected chi connectivity index (χ2v) is 6.64. The van der Waals surface area contributed by atoms with E-state index in [2.05, 4.69) is 15.6 Å². The highest BCUT2D eigenvalue weighted by atomic mass is 19.1. The van der Waals surface area contributed by atoms with Gasteiger partial charge in [-0.05, 0) is 12.1 Å². The third-order valence-corrected chi connectivity index (χ3v) is 4.69. The largest absolute Gasteiger partial charge is 0.481 e. The number of aliphatic carboxylic acids is 1. The van der Waals surface area contributed by atoms with E-state index in [0.29, 0.717) is 42.8 Å². The van der Waals surface area contributed by atoms with Crippen molar-refractivity contribution in [3.63, 3.8) is 0 Å². The van der Waals surface area contributed by atoms with Crippen LogP contribution in [0, 0.1) is 5.82 Å². The number of piperazine rings is 1. The summed E-state index contributed by atoms with van der Waals surface area (Å²) < 4.78 is 26.4. The minimum Gasteiger partial charge on any atom is -0.481 e. The Balaban J connectivity index is 2.02. The summed E-state index contributed by atoms with van der Waals surface area (Å²) in [4.78, 5) is 41.7. The number of amides is 1. The van der Waals surface area contributed by atoms with Crippen molar-refractivity contribution in [1.82, 2.24) is 15.6 Å². The van der Waals surface area contributed by atoms with E-state index < -0.39 is 42.6 Å². The molecule has 1 unspecified atom stereocenters. The number of alkyl halides is 1. The highest BCUT2D eigenvalue weighted by molar-refractivity contribution is 6.08. The highest BCUT2D eigenvalue weighted by Crippen LogP contribution is 2.30. The summed E-state index contributed by atoms with van der Waals surface area (Å²) in [7, 11) is 0. The Bertz CT molecular complexity index is 947. The molecule has 2 aromatic rings. The van der Waals surface area contributed by atoms with Crippen LogP contribution in [-0.4, -0.2) is 66.6 Å². The maximum atomic E-state index is 13.6. The van der Waals surface area contributed by atoms with Gasteiger partial charge in [-0.2, -0.15) is 0 Å². The lowest BCUT2D eigenvalue weighted by Gasteiger charge is -2.32. The van der Waals surface area contributed by atoms with E-state index in [1.165, 1.54) is 24.4 Å². The van der Waals surface area contributed by atoms with Gasteiger partial charge in [0.05, 0.1) is 23.2 Å². The molecule has 1 aliphatic rings. The Hall–Kier alpha value is -3.14. The van der Waals surface area contributed by atoms with Crippen LogP contribution >= 0.6 is 0 Å². The zero-order valence-electron chi connectivity index (χ0n) is 15.5. The van der Waals surface area contributed by atoms with Crippen LogP contribution < -0.4 is 15.5 Å². The molecule has 1 saturated heterocycles. The number of nitrogens with zero attached hydrogens (tertiary/aromatic N) is 2. The molecule has 0 aliphatic carbocycles. The molecule has 2 heterocycles. The van der Waals surface area contributed by atoms with Gasteiger partial charge in [-0.3, -0.25) is 19.4 Å². The number of carbonyl (C=O) groups excluding carboxylic acids is 2. The molecule has 8 nitrogen and oxygen atoms in total. The van der Waals surface area contributed by atoms with Gasteiger partial charge in [0.25, 0.3) is 5.91 Å². The number of hydrogen-bond acceptors (Lipinski definition) is 6. The molecule has 1 aromatic carbocycles. The van der Waals surface area contributed by atoms with Crippen molar-refractivity contribution in [2.24, 2.45) is 0 Å². The van der Waals surface area contributed by atoms with Gasteiger partial charge in [0, 0.05) is 43.8 Å². The molecule has 29 heavy (non-hydrogen) atoms. The van der Waals surface area contributed by atoms with Crippen LogP contribution in [0.1, 0.15) is 16.8 Å². The summed E-state index contributed by atoms with van der Waals surface area (Å²) in [5.41, 5.74) is 0.973. The third-order valence-electron chi connectivity index (χ3n) is 4.69. The van der Waals surface area contributed by atoms with Crippen LogP contribution in [0.2, 0.25) is 0 Å². The van der Waals surface area contributed by atoms with Crippen LogP contribution in [0.3, 0.4) is 0 Å². The second-order valence-electron chi connectivity index (χ2n) is 6.64. The zero-order chi connectivity index (χ0) is 21.0. The van der Waals surface area contributed by atoms with Crippen molar-refractivity contribution in [2.75, 3.05) is 37.8 Å². The van der Waals surface area contributed by atoms with Crippen molar-refractivity contribution in [3.8, 4) is 0 Å². The molecule has 1 amide bonds. The first-order chi connectivity index (χ1) is 13.9. The van der Waals surface area contributed by atoms with E-state index in [-0.39, 0.29) is 5.56 Å². The molecule has 1 atom stereocenters. The van der Waals surface area contributed by atoms with Gasteiger partial charge in [0.2, 0.25) is 0 Å². The Morgan fingerprint density at radius 2 is 2.00 bits per heavy atom. The average molecular weight is 406 g/mol. The number of nitrogens with one attached hydrogen (secondary N) is 2. The standard InChI is InChI=1S/C19H20F2N4O4/c20-9-16(26)15(8-17(27)28)24-19(29)13-10-23-14-7-11(21)1-2-12(14)18(13)25-5-3-22-4-6-25/h1-2,7,10,15,22H,3-6,8-9H2,(H,24,29)(H,27,28). The fraction of sp³-hybridized carbons (Fsp3) is 0.368. The number of Topliss-reactive ketones (excluding diaryl/α,β-unsaturated/α-hetero) is 1. The summed E-state index contributed by atoms with van der Waals surface area (Å²) >= 11 is 0. The minimum absolute atomic E-state index is 0.105. The first kappa shape index (κ1) is 20.6. The SMILES string of the molecule is O=C(O)CC(NC(=O)c1cnc2cc(F)ccc2c1N1CCNCC1)C(=O)CF. The second kappa shape index (κ2) is 8.91. The van der Waals surface area contributed by atoms with Gasteiger partial charge in [-0.1, -0.05) is 0 Å². The molecule has 3 rings (SSSR count). The third kappa shape index (κ3) is 4.65. The molecular formula is C19H20F2N4O4. The Labute approximate surface area is 164 Å². The van der Waals surface area contributed by atoms with Crippen LogP contribution in [0.25, 0.3) is 10.9 Å². The van der Waals surface area contributed by atoms with Crippen LogP contribution in [0.15, 0.2) is 24.4 Å². The number of benzene rings is 1. The van der Waals surface area contributed by atoms with E-state index in [1.807, 2.05) is 4.90 Å². The number of anilines is 1. The summed E-state index contributed by atoms with van der Waals surface area (Å²) in [5, 5.41) is 15.0. The van der Waals surface area contributed by atoms with Gasteiger partial charge in [0.15, 0.2) is 5.78 Å². The zero-order valence-corrected chi connectivity index (χ0v) is 15.5. The topological polar surface area (TPSA) is 112 Å². The van der Waals surface area contributed by atoms with Crippen molar-refractivity contribution in [3.05, 3.63) is 35.8 Å². The van der Waals surface area contributed by atoms with E-state index in [1.54, 1.807) is 0 Å². The summed E-state index contributed by atoms with van der Waals surface area (Å²) in [6, 6.07) is 2.54.